The molecular formula is C11H11NO. The maximum absolute atomic E-state index is 9.13. The van der Waals surface area contributed by atoms with E-state index in [4.69, 9.17) is 10.4 Å². The van der Waals surface area contributed by atoms with Crippen LogP contribution in [0.4, 0.5) is 0 Å². The Morgan fingerprint density at radius 3 is 2.46 bits per heavy atom. The number of allylic oxidation sites excluding steroid dienone is 2. The molecule has 1 rings (SSSR count). The van der Waals surface area contributed by atoms with Gasteiger partial charge in [0.05, 0.1) is 11.6 Å². The molecule has 0 aliphatic carbocycles. The van der Waals surface area contributed by atoms with Crippen molar-refractivity contribution in [2.45, 2.75) is 13.3 Å². The summed E-state index contributed by atoms with van der Waals surface area (Å²) in [4.78, 5) is 0. The van der Waals surface area contributed by atoms with E-state index in [2.05, 4.69) is 0 Å². The quantitative estimate of drug-likeness (QED) is 0.551. The molecule has 1 aromatic rings. The van der Waals surface area contributed by atoms with Crippen molar-refractivity contribution in [3.8, 4) is 6.07 Å². The van der Waals surface area contributed by atoms with Gasteiger partial charge in [0.15, 0.2) is 0 Å². The molecule has 0 atom stereocenters. The van der Waals surface area contributed by atoms with Gasteiger partial charge in [-0.3, -0.25) is 0 Å². The van der Waals surface area contributed by atoms with E-state index in [1.54, 1.807) is 0 Å². The number of aliphatic hydroxyl groups excluding tert-OH is 1. The van der Waals surface area contributed by atoms with Gasteiger partial charge in [-0.2, -0.15) is 5.26 Å². The molecule has 66 valence electrons. The van der Waals surface area contributed by atoms with Gasteiger partial charge in [-0.25, -0.2) is 0 Å². The Balaban J connectivity index is 2.82. The largest absolute Gasteiger partial charge is 0.512 e. The van der Waals surface area contributed by atoms with Crippen molar-refractivity contribution < 1.29 is 5.11 Å². The summed E-state index contributed by atoms with van der Waals surface area (Å²) in [6.45, 7) is 1.53. The molecule has 0 saturated heterocycles. The van der Waals surface area contributed by atoms with Gasteiger partial charge in [-0.05, 0) is 12.5 Å². The lowest BCUT2D eigenvalue weighted by atomic mass is 10.1. The fourth-order valence-corrected chi connectivity index (χ4v) is 1.05. The van der Waals surface area contributed by atoms with Crippen molar-refractivity contribution in [2.75, 3.05) is 0 Å². The van der Waals surface area contributed by atoms with Gasteiger partial charge in [-0.15, -0.1) is 0 Å². The molecule has 0 amide bonds. The zero-order valence-corrected chi connectivity index (χ0v) is 7.49. The Bertz CT molecular complexity index is 342. The highest BCUT2D eigenvalue weighted by Crippen LogP contribution is 2.09. The average molecular weight is 173 g/mol. The van der Waals surface area contributed by atoms with Gasteiger partial charge in [0.25, 0.3) is 0 Å². The lowest BCUT2D eigenvalue weighted by molar-refractivity contribution is 0.408. The summed E-state index contributed by atoms with van der Waals surface area (Å²) in [7, 11) is 0. The zero-order valence-electron chi connectivity index (χ0n) is 7.49. The smallest absolute Gasteiger partial charge is 0.103 e. The van der Waals surface area contributed by atoms with Crippen LogP contribution in [0.2, 0.25) is 0 Å². The average Bonchev–Trinajstić information content (AvgIpc) is 2.15. The molecule has 0 saturated carbocycles. The summed E-state index contributed by atoms with van der Waals surface area (Å²) < 4.78 is 0. The Morgan fingerprint density at radius 2 is 2.00 bits per heavy atom. The first-order valence-corrected chi connectivity index (χ1v) is 4.07. The Morgan fingerprint density at radius 1 is 1.38 bits per heavy atom. The van der Waals surface area contributed by atoms with Gasteiger partial charge in [0, 0.05) is 6.42 Å². The molecule has 0 heterocycles. The molecule has 1 aromatic carbocycles. The van der Waals surface area contributed by atoms with Crippen LogP contribution in [-0.4, -0.2) is 5.11 Å². The number of hydrogen-bond donors (Lipinski definition) is 1. The third-order valence-electron chi connectivity index (χ3n) is 1.80. The summed E-state index contributed by atoms with van der Waals surface area (Å²) >= 11 is 0. The monoisotopic (exact) mass is 173 g/mol. The van der Waals surface area contributed by atoms with E-state index in [1.807, 2.05) is 36.4 Å². The van der Waals surface area contributed by atoms with E-state index < -0.39 is 0 Å². The molecule has 0 aromatic heterocycles. The van der Waals surface area contributed by atoms with Crippen molar-refractivity contribution in [3.63, 3.8) is 0 Å². The fraction of sp³-hybridized carbons (Fsp3) is 0.182. The molecule has 2 heteroatoms. The second-order valence-electron chi connectivity index (χ2n) is 2.84. The predicted octanol–water partition coefficient (Wildman–Crippen LogP) is 2.58. The number of rotatable bonds is 2. The van der Waals surface area contributed by atoms with Crippen LogP contribution < -0.4 is 0 Å². The molecule has 0 unspecified atom stereocenters. The summed E-state index contributed by atoms with van der Waals surface area (Å²) in [5.41, 5.74) is 1.46. The minimum absolute atomic E-state index is 0.103. The predicted molar refractivity (Wildman–Crippen MR) is 51.1 cm³/mol. The highest BCUT2D eigenvalue weighted by Gasteiger charge is 2.01. The first kappa shape index (κ1) is 9.34. The van der Waals surface area contributed by atoms with Gasteiger partial charge >= 0.3 is 0 Å². The number of hydrogen-bond acceptors (Lipinski definition) is 2. The third-order valence-corrected chi connectivity index (χ3v) is 1.80. The topological polar surface area (TPSA) is 44.0 Å². The molecule has 1 N–H and O–H groups in total. The van der Waals surface area contributed by atoms with Crippen LogP contribution in [0.5, 0.6) is 0 Å². The van der Waals surface area contributed by atoms with E-state index in [-0.39, 0.29) is 5.76 Å². The summed E-state index contributed by atoms with van der Waals surface area (Å²) in [5, 5.41) is 17.8. The van der Waals surface area contributed by atoms with Gasteiger partial charge in [0.2, 0.25) is 0 Å². The van der Waals surface area contributed by atoms with Crippen LogP contribution in [0.1, 0.15) is 12.5 Å². The molecule has 0 spiro atoms. The molecular weight excluding hydrogens is 162 g/mol. The van der Waals surface area contributed by atoms with Crippen LogP contribution in [0.15, 0.2) is 41.7 Å². The van der Waals surface area contributed by atoms with Crippen LogP contribution in [0, 0.1) is 11.3 Å². The molecule has 2 nitrogen and oxygen atoms in total. The number of nitrogens with zero attached hydrogens (tertiary/aromatic N) is 1. The van der Waals surface area contributed by atoms with Crippen molar-refractivity contribution >= 4 is 0 Å². The highest BCUT2D eigenvalue weighted by molar-refractivity contribution is 5.31. The highest BCUT2D eigenvalue weighted by atomic mass is 16.3. The lowest BCUT2D eigenvalue weighted by Gasteiger charge is -1.99. The van der Waals surface area contributed by atoms with Gasteiger partial charge < -0.3 is 5.11 Å². The third kappa shape index (κ3) is 2.64. The van der Waals surface area contributed by atoms with Crippen molar-refractivity contribution in [1.82, 2.24) is 0 Å². The van der Waals surface area contributed by atoms with E-state index in [1.165, 1.54) is 6.92 Å². The molecule has 0 radical (unpaired) electrons. The van der Waals surface area contributed by atoms with Crippen LogP contribution in [-0.2, 0) is 6.42 Å². The van der Waals surface area contributed by atoms with Crippen molar-refractivity contribution in [3.05, 3.63) is 47.2 Å². The first-order chi connectivity index (χ1) is 6.24. The number of nitriles is 1. The summed E-state index contributed by atoms with van der Waals surface area (Å²) in [5.74, 6) is 0.103. The lowest BCUT2D eigenvalue weighted by Crippen LogP contribution is -1.91. The van der Waals surface area contributed by atoms with E-state index in [9.17, 15) is 0 Å². The summed E-state index contributed by atoms with van der Waals surface area (Å²) in [6.07, 6.45) is 0.500. The van der Waals surface area contributed by atoms with Crippen LogP contribution in [0.3, 0.4) is 0 Å². The fourth-order valence-electron chi connectivity index (χ4n) is 1.05. The maximum Gasteiger partial charge on any atom is 0.103 e. The van der Waals surface area contributed by atoms with Crippen molar-refractivity contribution in [1.29, 1.82) is 5.26 Å². The van der Waals surface area contributed by atoms with E-state index >= 15 is 0 Å². The number of benzene rings is 1. The molecule has 0 aliphatic heterocycles. The first-order valence-electron chi connectivity index (χ1n) is 4.07. The normalized spacial score (nSPS) is 11.7. The second-order valence-corrected chi connectivity index (χ2v) is 2.84. The summed E-state index contributed by atoms with van der Waals surface area (Å²) in [6, 6.07) is 11.6. The SMILES string of the molecule is C/C(O)=C(\C#N)Cc1ccccc1. The second kappa shape index (κ2) is 4.32. The van der Waals surface area contributed by atoms with Gasteiger partial charge in [0.1, 0.15) is 5.76 Å². The van der Waals surface area contributed by atoms with Crippen LogP contribution in [0.25, 0.3) is 0 Å². The Labute approximate surface area is 77.8 Å². The molecule has 0 fully saturated rings. The van der Waals surface area contributed by atoms with E-state index in [0.29, 0.717) is 12.0 Å². The maximum atomic E-state index is 9.13. The minimum atomic E-state index is 0.103. The Kier molecular flexibility index (Phi) is 3.10. The number of aliphatic hydroxyl groups is 1. The van der Waals surface area contributed by atoms with Crippen molar-refractivity contribution in [2.24, 2.45) is 0 Å². The molecule has 0 aliphatic rings. The zero-order chi connectivity index (χ0) is 9.68. The molecule has 13 heavy (non-hydrogen) atoms. The molecule has 0 bridgehead atoms. The Hall–Kier alpha value is -1.75. The standard InChI is InChI=1S/C11H11NO/c1-9(13)11(8-12)7-10-5-3-2-4-6-10/h2-6,13H,7H2,1H3/b11-9+. The van der Waals surface area contributed by atoms with Gasteiger partial charge in [-0.1, -0.05) is 30.3 Å². The minimum Gasteiger partial charge on any atom is -0.512 e. The van der Waals surface area contributed by atoms with Crippen LogP contribution >= 0.6 is 0 Å². The van der Waals surface area contributed by atoms with E-state index in [0.717, 1.165) is 5.56 Å².